The second-order valence-corrected chi connectivity index (χ2v) is 8.25. The van der Waals surface area contributed by atoms with E-state index in [0.29, 0.717) is 22.4 Å². The number of rotatable bonds is 2. The molecule has 0 bridgehead atoms. The predicted molar refractivity (Wildman–Crippen MR) is 119 cm³/mol. The molecule has 2 aliphatic rings. The van der Waals surface area contributed by atoms with Crippen LogP contribution in [-0.4, -0.2) is 10.1 Å². The number of hydrogen-bond donors (Lipinski definition) is 0. The van der Waals surface area contributed by atoms with Crippen LogP contribution in [0.5, 0.6) is 0 Å². The minimum atomic E-state index is -0.598. The van der Waals surface area contributed by atoms with Crippen LogP contribution in [0.4, 0.5) is 17.1 Å². The molecule has 0 fully saturated rings. The molecule has 0 aliphatic carbocycles. The Hall–Kier alpha value is -3.91. The molecule has 2 aliphatic heterocycles. The first-order valence-corrected chi connectivity index (χ1v) is 10.4. The Bertz CT molecular complexity index is 1490. The van der Waals surface area contributed by atoms with Crippen molar-refractivity contribution in [2.75, 3.05) is 4.90 Å². The summed E-state index contributed by atoms with van der Waals surface area (Å²) in [4.78, 5) is 32.0. The van der Waals surface area contributed by atoms with Crippen molar-refractivity contribution in [1.29, 1.82) is 0 Å². The highest BCUT2D eigenvalue weighted by molar-refractivity contribution is 8.14. The van der Waals surface area contributed by atoms with E-state index in [0.717, 1.165) is 21.1 Å². The Kier molecular flexibility index (Phi) is 3.78. The molecule has 7 nitrogen and oxygen atoms in total. The fraction of sp³-hybridized carbons (Fsp3) is 0.0435. The summed E-state index contributed by atoms with van der Waals surface area (Å²) in [5.74, 6) is 0. The summed E-state index contributed by atoms with van der Waals surface area (Å²) in [7, 11) is 0. The minimum Gasteiger partial charge on any atom is -0.422 e. The van der Waals surface area contributed by atoms with Gasteiger partial charge in [-0.25, -0.2) is 9.79 Å². The zero-order chi connectivity index (χ0) is 21.1. The Morgan fingerprint density at radius 2 is 1.84 bits per heavy atom. The van der Waals surface area contributed by atoms with E-state index in [1.165, 1.54) is 23.9 Å². The fourth-order valence-corrected chi connectivity index (χ4v) is 5.23. The molecule has 0 amide bonds. The molecule has 150 valence electrons. The topological polar surface area (TPSA) is 88.9 Å². The number of hydrogen-bond acceptors (Lipinski definition) is 7. The smallest absolute Gasteiger partial charge is 0.344 e. The lowest BCUT2D eigenvalue weighted by atomic mass is 9.94. The maximum Gasteiger partial charge on any atom is 0.344 e. The van der Waals surface area contributed by atoms with Crippen molar-refractivity contribution in [3.8, 4) is 0 Å². The maximum atomic E-state index is 13.2. The average molecular weight is 427 g/mol. The molecule has 0 radical (unpaired) electrons. The third-order valence-electron chi connectivity index (χ3n) is 5.49. The molecule has 3 heterocycles. The van der Waals surface area contributed by atoms with Gasteiger partial charge < -0.3 is 9.32 Å². The van der Waals surface area contributed by atoms with E-state index in [2.05, 4.69) is 0 Å². The average Bonchev–Trinajstić information content (AvgIpc) is 3.16. The summed E-state index contributed by atoms with van der Waals surface area (Å²) in [5.41, 5.74) is 2.39. The standard InChI is InChI=1S/C23H13N3O4S/c27-22-19-20(15-8-1-3-10-17(15)30-22)24-23-25(16-9-2-4-11-18(16)31-23)21(19)13-6-5-7-14(12-13)26(28)29/h1-12,21H. The first-order valence-electron chi connectivity index (χ1n) is 9.57. The summed E-state index contributed by atoms with van der Waals surface area (Å²) < 4.78 is 5.63. The monoisotopic (exact) mass is 427 g/mol. The molecule has 0 saturated heterocycles. The zero-order valence-electron chi connectivity index (χ0n) is 15.9. The highest BCUT2D eigenvalue weighted by Gasteiger charge is 2.41. The molecular formula is C23H13N3O4S. The van der Waals surface area contributed by atoms with Crippen LogP contribution in [-0.2, 0) is 0 Å². The molecular weight excluding hydrogens is 414 g/mol. The lowest BCUT2D eigenvalue weighted by molar-refractivity contribution is -0.384. The molecule has 0 N–H and O–H groups in total. The Morgan fingerprint density at radius 3 is 2.71 bits per heavy atom. The number of non-ortho nitro benzene ring substituents is 1. The van der Waals surface area contributed by atoms with Crippen LogP contribution < -0.4 is 10.5 Å². The fourth-order valence-electron chi connectivity index (χ4n) is 4.18. The molecule has 1 unspecified atom stereocenters. The van der Waals surface area contributed by atoms with Gasteiger partial charge in [-0.3, -0.25) is 10.1 Å². The first-order chi connectivity index (χ1) is 15.1. The van der Waals surface area contributed by atoms with Gasteiger partial charge in [0.25, 0.3) is 5.69 Å². The summed E-state index contributed by atoms with van der Waals surface area (Å²) in [6.07, 6.45) is 0. The third kappa shape index (κ3) is 2.62. The summed E-state index contributed by atoms with van der Waals surface area (Å²) >= 11 is 1.52. The number of aliphatic imine (C=N–C) groups is 1. The van der Waals surface area contributed by atoms with Gasteiger partial charge in [-0.2, -0.15) is 0 Å². The number of nitrogens with zero attached hydrogens (tertiary/aromatic N) is 3. The van der Waals surface area contributed by atoms with Crippen molar-refractivity contribution in [2.24, 2.45) is 4.99 Å². The van der Waals surface area contributed by atoms with Crippen LogP contribution in [0.2, 0.25) is 0 Å². The minimum absolute atomic E-state index is 0.0339. The van der Waals surface area contributed by atoms with Crippen LogP contribution in [0, 0.1) is 10.1 Å². The highest BCUT2D eigenvalue weighted by atomic mass is 32.2. The number of nitro groups is 1. The lowest BCUT2D eigenvalue weighted by Gasteiger charge is -2.33. The van der Waals surface area contributed by atoms with Crippen molar-refractivity contribution in [3.63, 3.8) is 0 Å². The number of amidine groups is 1. The Morgan fingerprint density at radius 1 is 1.03 bits per heavy atom. The number of benzene rings is 3. The molecule has 31 heavy (non-hydrogen) atoms. The molecule has 0 spiro atoms. The van der Waals surface area contributed by atoms with Crippen LogP contribution in [0.25, 0.3) is 11.0 Å². The van der Waals surface area contributed by atoms with Crippen molar-refractivity contribution in [2.45, 2.75) is 10.9 Å². The normalized spacial score (nSPS) is 16.5. The van der Waals surface area contributed by atoms with Crippen LogP contribution >= 0.6 is 11.8 Å². The number of para-hydroxylation sites is 2. The van der Waals surface area contributed by atoms with Gasteiger partial charge in [0.2, 0.25) is 0 Å². The van der Waals surface area contributed by atoms with Crippen molar-refractivity contribution >= 4 is 45.0 Å². The van der Waals surface area contributed by atoms with E-state index in [4.69, 9.17) is 9.41 Å². The van der Waals surface area contributed by atoms with Gasteiger partial charge in [-0.05, 0) is 41.6 Å². The maximum absolute atomic E-state index is 13.2. The van der Waals surface area contributed by atoms with Crippen LogP contribution in [0.15, 0.2) is 91.9 Å². The van der Waals surface area contributed by atoms with Gasteiger partial charge in [-0.15, -0.1) is 0 Å². The van der Waals surface area contributed by atoms with E-state index in [-0.39, 0.29) is 5.69 Å². The second-order valence-electron chi connectivity index (χ2n) is 7.24. The van der Waals surface area contributed by atoms with E-state index >= 15 is 0 Å². The van der Waals surface area contributed by atoms with Crippen molar-refractivity contribution in [3.05, 3.63) is 104 Å². The summed E-state index contributed by atoms with van der Waals surface area (Å²) in [6, 6.07) is 20.9. The second kappa shape index (κ2) is 6.55. The molecule has 8 heteroatoms. The lowest BCUT2D eigenvalue weighted by Crippen LogP contribution is -2.36. The third-order valence-corrected chi connectivity index (χ3v) is 6.52. The van der Waals surface area contributed by atoms with E-state index < -0.39 is 16.6 Å². The van der Waals surface area contributed by atoms with Gasteiger partial charge >= 0.3 is 5.63 Å². The van der Waals surface area contributed by atoms with Gasteiger partial charge in [0.05, 0.1) is 27.9 Å². The van der Waals surface area contributed by atoms with E-state index in [1.54, 1.807) is 24.3 Å². The molecule has 4 aromatic rings. The number of thioether (sulfide) groups is 1. The largest absolute Gasteiger partial charge is 0.422 e. The number of fused-ring (bicyclic) bond motifs is 6. The highest BCUT2D eigenvalue weighted by Crippen LogP contribution is 2.51. The summed E-state index contributed by atoms with van der Waals surface area (Å²) in [6.45, 7) is 0. The Balaban J connectivity index is 1.70. The number of nitro benzene ring substituents is 1. The van der Waals surface area contributed by atoms with Crippen molar-refractivity contribution in [1.82, 2.24) is 0 Å². The van der Waals surface area contributed by atoms with Crippen molar-refractivity contribution < 1.29 is 9.34 Å². The quantitative estimate of drug-likeness (QED) is 0.242. The van der Waals surface area contributed by atoms with Crippen LogP contribution in [0.3, 0.4) is 0 Å². The van der Waals surface area contributed by atoms with E-state index in [9.17, 15) is 14.9 Å². The van der Waals surface area contributed by atoms with E-state index in [1.807, 2.05) is 41.3 Å². The summed E-state index contributed by atoms with van der Waals surface area (Å²) in [5, 5.41) is 12.9. The SMILES string of the molecule is O=c1oc2ccccc2c2c1C(c1cccc([N+](=O)[O-])c1)N1C(=N2)Sc2ccccc21. The Labute approximate surface area is 179 Å². The molecule has 1 aromatic heterocycles. The predicted octanol–water partition coefficient (Wildman–Crippen LogP) is 5.40. The molecule has 6 rings (SSSR count). The molecule has 3 aromatic carbocycles. The molecule has 0 saturated carbocycles. The van der Waals surface area contributed by atoms with Gasteiger partial charge in [-0.1, -0.05) is 36.4 Å². The van der Waals surface area contributed by atoms with Crippen LogP contribution in [0.1, 0.15) is 17.2 Å². The number of anilines is 1. The first kappa shape index (κ1) is 17.9. The van der Waals surface area contributed by atoms with Gasteiger partial charge in [0, 0.05) is 22.4 Å². The zero-order valence-corrected chi connectivity index (χ0v) is 16.7. The van der Waals surface area contributed by atoms with Gasteiger partial charge in [0.1, 0.15) is 5.58 Å². The molecule has 1 atom stereocenters. The van der Waals surface area contributed by atoms with Gasteiger partial charge in [0.15, 0.2) is 5.17 Å².